The summed E-state index contributed by atoms with van der Waals surface area (Å²) in [5, 5.41) is 2.90. The van der Waals surface area contributed by atoms with Crippen molar-refractivity contribution >= 4 is 17.6 Å². The maximum atomic E-state index is 12.0. The molecule has 1 amide bonds. The molecule has 1 N–H and O–H groups in total. The van der Waals surface area contributed by atoms with Gasteiger partial charge in [0.1, 0.15) is 0 Å². The molecule has 0 bridgehead atoms. The molecule has 1 rings (SSSR count). The Balaban J connectivity index is 2.42. The number of nitrogens with zero attached hydrogens (tertiary/aromatic N) is 1. The van der Waals surface area contributed by atoms with E-state index in [1.54, 1.807) is 11.8 Å². The summed E-state index contributed by atoms with van der Waals surface area (Å²) in [5.74, 6) is -0.325. The van der Waals surface area contributed by atoms with Crippen LogP contribution in [0.25, 0.3) is 0 Å². The van der Waals surface area contributed by atoms with E-state index in [-0.39, 0.29) is 18.4 Å². The second kappa shape index (κ2) is 8.42. The summed E-state index contributed by atoms with van der Waals surface area (Å²) < 4.78 is 4.86. The molecule has 0 unspecified atom stereocenters. The molecule has 0 atom stereocenters. The average Bonchev–Trinajstić information content (AvgIpc) is 2.41. The lowest BCUT2D eigenvalue weighted by atomic mass is 10.1. The SMILES string of the molecule is CCOC(=O)CCN(C)CC(=O)Nc1cc(C)ccc1C. The Kier molecular flexibility index (Phi) is 6.88. The maximum absolute atomic E-state index is 12.0. The quantitative estimate of drug-likeness (QED) is 0.782. The number of likely N-dealkylation sites (N-methyl/N-ethyl adjacent to an activating group) is 1. The Morgan fingerprint density at radius 1 is 1.29 bits per heavy atom. The molecule has 0 aliphatic heterocycles. The molecule has 116 valence electrons. The molecule has 21 heavy (non-hydrogen) atoms. The highest BCUT2D eigenvalue weighted by molar-refractivity contribution is 5.93. The molecule has 0 radical (unpaired) electrons. The number of carbonyl (C=O) groups is 2. The van der Waals surface area contributed by atoms with Gasteiger partial charge in [-0.2, -0.15) is 0 Å². The Morgan fingerprint density at radius 2 is 2.00 bits per heavy atom. The van der Waals surface area contributed by atoms with E-state index < -0.39 is 0 Å². The lowest BCUT2D eigenvalue weighted by Crippen LogP contribution is -2.32. The first-order chi connectivity index (χ1) is 9.92. The van der Waals surface area contributed by atoms with Gasteiger partial charge < -0.3 is 10.1 Å². The van der Waals surface area contributed by atoms with E-state index >= 15 is 0 Å². The zero-order valence-corrected chi connectivity index (χ0v) is 13.2. The molecule has 0 spiro atoms. The first kappa shape index (κ1) is 17.2. The number of aryl methyl sites for hydroxylation is 2. The van der Waals surface area contributed by atoms with Gasteiger partial charge in [0.25, 0.3) is 0 Å². The van der Waals surface area contributed by atoms with Crippen molar-refractivity contribution < 1.29 is 14.3 Å². The zero-order chi connectivity index (χ0) is 15.8. The lowest BCUT2D eigenvalue weighted by molar-refractivity contribution is -0.143. The van der Waals surface area contributed by atoms with Crippen LogP contribution in [-0.2, 0) is 14.3 Å². The Hall–Kier alpha value is -1.88. The molecule has 0 heterocycles. The maximum Gasteiger partial charge on any atom is 0.307 e. The molecule has 0 aromatic heterocycles. The number of amides is 1. The molecule has 0 fully saturated rings. The number of carbonyl (C=O) groups excluding carboxylic acids is 2. The van der Waals surface area contributed by atoms with Crippen molar-refractivity contribution in [2.75, 3.05) is 32.1 Å². The second-order valence-electron chi connectivity index (χ2n) is 5.16. The van der Waals surface area contributed by atoms with E-state index in [1.165, 1.54) is 0 Å². The molecular weight excluding hydrogens is 268 g/mol. The molecule has 0 saturated carbocycles. The minimum absolute atomic E-state index is 0.0879. The Bertz CT molecular complexity index is 500. The van der Waals surface area contributed by atoms with Crippen LogP contribution in [0, 0.1) is 13.8 Å². The van der Waals surface area contributed by atoms with Gasteiger partial charge in [0.2, 0.25) is 5.91 Å². The number of esters is 1. The normalized spacial score (nSPS) is 10.5. The van der Waals surface area contributed by atoms with Crippen LogP contribution in [0.3, 0.4) is 0 Å². The first-order valence-electron chi connectivity index (χ1n) is 7.13. The third-order valence-electron chi connectivity index (χ3n) is 3.08. The number of rotatable bonds is 7. The summed E-state index contributed by atoms with van der Waals surface area (Å²) in [6.07, 6.45) is 0.293. The first-order valence-corrected chi connectivity index (χ1v) is 7.13. The predicted octanol–water partition coefficient (Wildman–Crippen LogP) is 2.13. The van der Waals surface area contributed by atoms with Crippen LogP contribution < -0.4 is 5.32 Å². The highest BCUT2D eigenvalue weighted by atomic mass is 16.5. The van der Waals surface area contributed by atoms with Crippen molar-refractivity contribution in [1.29, 1.82) is 0 Å². The largest absolute Gasteiger partial charge is 0.466 e. The highest BCUT2D eigenvalue weighted by Gasteiger charge is 2.10. The fourth-order valence-electron chi connectivity index (χ4n) is 1.90. The number of anilines is 1. The van der Waals surface area contributed by atoms with Crippen LogP contribution in [-0.4, -0.2) is 43.5 Å². The Labute approximate surface area is 126 Å². The van der Waals surface area contributed by atoms with Crippen molar-refractivity contribution in [1.82, 2.24) is 4.90 Å². The smallest absolute Gasteiger partial charge is 0.307 e. The van der Waals surface area contributed by atoms with Crippen LogP contribution in [0.5, 0.6) is 0 Å². The zero-order valence-electron chi connectivity index (χ0n) is 13.2. The van der Waals surface area contributed by atoms with Crippen molar-refractivity contribution in [3.63, 3.8) is 0 Å². The standard InChI is InChI=1S/C16H24N2O3/c1-5-21-16(20)8-9-18(4)11-15(19)17-14-10-12(2)6-7-13(14)3/h6-7,10H,5,8-9,11H2,1-4H3,(H,17,19). The van der Waals surface area contributed by atoms with Crippen molar-refractivity contribution in [3.05, 3.63) is 29.3 Å². The highest BCUT2D eigenvalue weighted by Crippen LogP contribution is 2.16. The summed E-state index contributed by atoms with van der Waals surface area (Å²) in [4.78, 5) is 25.0. The monoisotopic (exact) mass is 292 g/mol. The van der Waals surface area contributed by atoms with Gasteiger partial charge in [-0.3, -0.25) is 14.5 Å². The molecule has 0 aliphatic carbocycles. The summed E-state index contributed by atoms with van der Waals surface area (Å²) >= 11 is 0. The van der Waals surface area contributed by atoms with Crippen molar-refractivity contribution in [2.45, 2.75) is 27.2 Å². The number of hydrogen-bond donors (Lipinski definition) is 1. The van der Waals surface area contributed by atoms with Crippen molar-refractivity contribution in [3.8, 4) is 0 Å². The minimum atomic E-state index is -0.237. The molecular formula is C16H24N2O3. The van der Waals surface area contributed by atoms with E-state index in [1.807, 2.05) is 39.1 Å². The molecule has 1 aromatic carbocycles. The van der Waals surface area contributed by atoms with Gasteiger partial charge in [0, 0.05) is 12.2 Å². The third-order valence-corrected chi connectivity index (χ3v) is 3.08. The summed E-state index contributed by atoms with van der Waals surface area (Å²) in [5.41, 5.74) is 2.97. The minimum Gasteiger partial charge on any atom is -0.466 e. The van der Waals surface area contributed by atoms with Crippen molar-refractivity contribution in [2.24, 2.45) is 0 Å². The van der Waals surface area contributed by atoms with E-state index in [2.05, 4.69) is 5.32 Å². The molecule has 5 nitrogen and oxygen atoms in total. The molecule has 5 heteroatoms. The molecule has 0 aliphatic rings. The summed E-state index contributed by atoms with van der Waals surface area (Å²) in [7, 11) is 1.81. The van der Waals surface area contributed by atoms with E-state index in [0.717, 1.165) is 16.8 Å². The van der Waals surface area contributed by atoms with Crippen LogP contribution in [0.15, 0.2) is 18.2 Å². The lowest BCUT2D eigenvalue weighted by Gasteiger charge is -2.16. The van der Waals surface area contributed by atoms with Crippen LogP contribution in [0.4, 0.5) is 5.69 Å². The van der Waals surface area contributed by atoms with E-state index in [4.69, 9.17) is 4.74 Å². The van der Waals surface area contributed by atoms with Gasteiger partial charge in [-0.25, -0.2) is 0 Å². The predicted molar refractivity (Wildman–Crippen MR) is 83.3 cm³/mol. The van der Waals surface area contributed by atoms with E-state index in [9.17, 15) is 9.59 Å². The molecule has 0 saturated heterocycles. The second-order valence-corrected chi connectivity index (χ2v) is 5.16. The number of nitrogens with one attached hydrogen (secondary N) is 1. The number of ether oxygens (including phenoxy) is 1. The van der Waals surface area contributed by atoms with Crippen LogP contribution in [0.2, 0.25) is 0 Å². The van der Waals surface area contributed by atoms with Gasteiger partial charge in [-0.05, 0) is 45.0 Å². The molecule has 1 aromatic rings. The van der Waals surface area contributed by atoms with Gasteiger partial charge in [0.15, 0.2) is 0 Å². The fourth-order valence-corrected chi connectivity index (χ4v) is 1.90. The van der Waals surface area contributed by atoms with Gasteiger partial charge in [-0.1, -0.05) is 12.1 Å². The fraction of sp³-hybridized carbons (Fsp3) is 0.500. The number of hydrogen-bond acceptors (Lipinski definition) is 4. The van der Waals surface area contributed by atoms with E-state index in [0.29, 0.717) is 19.6 Å². The van der Waals surface area contributed by atoms with Crippen LogP contribution >= 0.6 is 0 Å². The summed E-state index contributed by atoms with van der Waals surface area (Å²) in [6, 6.07) is 5.94. The topological polar surface area (TPSA) is 58.6 Å². The Morgan fingerprint density at radius 3 is 2.67 bits per heavy atom. The van der Waals surface area contributed by atoms with Gasteiger partial charge in [-0.15, -0.1) is 0 Å². The van der Waals surface area contributed by atoms with Gasteiger partial charge in [0.05, 0.1) is 19.6 Å². The number of benzene rings is 1. The van der Waals surface area contributed by atoms with Crippen LogP contribution in [0.1, 0.15) is 24.5 Å². The average molecular weight is 292 g/mol. The third kappa shape index (κ3) is 6.40. The van der Waals surface area contributed by atoms with Gasteiger partial charge >= 0.3 is 5.97 Å². The summed E-state index contributed by atoms with van der Waals surface area (Å²) in [6.45, 7) is 6.85.